The molecular weight excluding hydrogens is 230 g/mol. The maximum Gasteiger partial charge on any atom is 0.242 e. The van der Waals surface area contributed by atoms with E-state index in [4.69, 9.17) is 0 Å². The molecule has 1 aromatic rings. The Kier molecular flexibility index (Phi) is 4.75. The topological polar surface area (TPSA) is 67.2 Å². The van der Waals surface area contributed by atoms with Crippen LogP contribution in [0.25, 0.3) is 0 Å². The molecule has 2 N–H and O–H groups in total. The van der Waals surface area contributed by atoms with Gasteiger partial charge < -0.3 is 10.4 Å². The van der Waals surface area contributed by atoms with E-state index in [1.165, 1.54) is 12.8 Å². The van der Waals surface area contributed by atoms with Crippen molar-refractivity contribution in [2.45, 2.75) is 57.2 Å². The molecule has 0 bridgehead atoms. The molecule has 2 rings (SSSR count). The van der Waals surface area contributed by atoms with Gasteiger partial charge in [-0.25, -0.2) is 0 Å². The molecule has 18 heavy (non-hydrogen) atoms. The number of amides is 1. The summed E-state index contributed by atoms with van der Waals surface area (Å²) in [5.74, 6) is -0.0803. The molecule has 0 unspecified atom stereocenters. The number of carbonyl (C=O) groups excluding carboxylic acids is 1. The molecule has 2 atom stereocenters. The summed E-state index contributed by atoms with van der Waals surface area (Å²) in [5, 5.41) is 16.9. The molecule has 1 saturated carbocycles. The Morgan fingerprint density at radius 2 is 2.11 bits per heavy atom. The fraction of sp³-hybridized carbons (Fsp3) is 0.692. The summed E-state index contributed by atoms with van der Waals surface area (Å²) in [6.07, 6.45) is 9.15. The van der Waals surface area contributed by atoms with Crippen LogP contribution in [0.2, 0.25) is 0 Å². The van der Waals surface area contributed by atoms with Crippen LogP contribution in [0.1, 0.15) is 38.5 Å². The lowest BCUT2D eigenvalue weighted by molar-refractivity contribution is -0.123. The number of nitrogens with zero attached hydrogens (tertiary/aromatic N) is 2. The fourth-order valence-corrected chi connectivity index (χ4v) is 2.43. The third-order valence-corrected chi connectivity index (χ3v) is 3.44. The fourth-order valence-electron chi connectivity index (χ4n) is 2.43. The SMILES string of the molecule is O=C(Cn1cccn1)N[C@H]1CCCCCC[C@@H]1O. The van der Waals surface area contributed by atoms with E-state index in [2.05, 4.69) is 10.4 Å². The smallest absolute Gasteiger partial charge is 0.242 e. The molecule has 0 aromatic carbocycles. The average Bonchev–Trinajstić information content (AvgIpc) is 2.81. The number of carbonyl (C=O) groups is 1. The maximum absolute atomic E-state index is 11.8. The highest BCUT2D eigenvalue weighted by Crippen LogP contribution is 2.17. The number of aromatic nitrogens is 2. The van der Waals surface area contributed by atoms with Crippen molar-refractivity contribution in [2.75, 3.05) is 0 Å². The Morgan fingerprint density at radius 1 is 1.33 bits per heavy atom. The summed E-state index contributed by atoms with van der Waals surface area (Å²) in [6, 6.07) is 1.69. The molecular formula is C13H21N3O2. The molecule has 0 spiro atoms. The van der Waals surface area contributed by atoms with Crippen LogP contribution in [0.4, 0.5) is 0 Å². The second kappa shape index (κ2) is 6.54. The van der Waals surface area contributed by atoms with Crippen molar-refractivity contribution >= 4 is 5.91 Å². The quantitative estimate of drug-likeness (QED) is 0.845. The summed E-state index contributed by atoms with van der Waals surface area (Å²) < 4.78 is 1.59. The Balaban J connectivity index is 1.84. The lowest BCUT2D eigenvalue weighted by atomic mass is 9.94. The van der Waals surface area contributed by atoms with Crippen LogP contribution in [-0.4, -0.2) is 32.9 Å². The summed E-state index contributed by atoms with van der Waals surface area (Å²) in [4.78, 5) is 11.8. The van der Waals surface area contributed by atoms with Gasteiger partial charge in [-0.15, -0.1) is 0 Å². The van der Waals surface area contributed by atoms with Gasteiger partial charge >= 0.3 is 0 Å². The van der Waals surface area contributed by atoms with Gasteiger partial charge in [0.2, 0.25) is 5.91 Å². The number of nitrogens with one attached hydrogen (secondary N) is 1. The Labute approximate surface area is 107 Å². The number of aliphatic hydroxyl groups excluding tert-OH is 1. The van der Waals surface area contributed by atoms with E-state index in [9.17, 15) is 9.90 Å². The van der Waals surface area contributed by atoms with E-state index in [0.29, 0.717) is 0 Å². The summed E-state index contributed by atoms with van der Waals surface area (Å²) in [7, 11) is 0. The first kappa shape index (κ1) is 13.1. The molecule has 1 heterocycles. The minimum atomic E-state index is -0.410. The van der Waals surface area contributed by atoms with Crippen molar-refractivity contribution in [3.63, 3.8) is 0 Å². The third-order valence-electron chi connectivity index (χ3n) is 3.44. The summed E-state index contributed by atoms with van der Waals surface area (Å²) in [6.45, 7) is 0.218. The standard InChI is InChI=1S/C13H21N3O2/c17-12-7-4-2-1-3-6-11(12)15-13(18)10-16-9-5-8-14-16/h5,8-9,11-12,17H,1-4,6-7,10H2,(H,15,18)/t11-,12-/m0/s1. The highest BCUT2D eigenvalue weighted by Gasteiger charge is 2.22. The first-order valence-electron chi connectivity index (χ1n) is 6.70. The lowest BCUT2D eigenvalue weighted by Gasteiger charge is -2.26. The van der Waals surface area contributed by atoms with Crippen molar-refractivity contribution in [3.05, 3.63) is 18.5 Å². The number of rotatable bonds is 3. The van der Waals surface area contributed by atoms with Crippen LogP contribution in [0.3, 0.4) is 0 Å². The minimum absolute atomic E-state index is 0.0803. The minimum Gasteiger partial charge on any atom is -0.391 e. The van der Waals surface area contributed by atoms with Crippen LogP contribution >= 0.6 is 0 Å². The van der Waals surface area contributed by atoms with Crippen molar-refractivity contribution < 1.29 is 9.90 Å². The van der Waals surface area contributed by atoms with Crippen LogP contribution < -0.4 is 5.32 Å². The molecule has 1 amide bonds. The van der Waals surface area contributed by atoms with E-state index in [0.717, 1.165) is 25.7 Å². The Hall–Kier alpha value is -1.36. The Bertz CT molecular complexity index is 364. The van der Waals surface area contributed by atoms with Crippen molar-refractivity contribution in [2.24, 2.45) is 0 Å². The van der Waals surface area contributed by atoms with Crippen molar-refractivity contribution in [1.29, 1.82) is 0 Å². The highest BCUT2D eigenvalue weighted by molar-refractivity contribution is 5.76. The van der Waals surface area contributed by atoms with E-state index >= 15 is 0 Å². The number of hydrogen-bond acceptors (Lipinski definition) is 3. The Morgan fingerprint density at radius 3 is 2.83 bits per heavy atom. The van der Waals surface area contributed by atoms with Gasteiger partial charge in [0.1, 0.15) is 6.54 Å². The zero-order chi connectivity index (χ0) is 12.8. The second-order valence-corrected chi connectivity index (χ2v) is 4.94. The van der Waals surface area contributed by atoms with Gasteiger partial charge in [0, 0.05) is 12.4 Å². The van der Waals surface area contributed by atoms with Gasteiger partial charge in [0.15, 0.2) is 0 Å². The van der Waals surface area contributed by atoms with Crippen LogP contribution in [-0.2, 0) is 11.3 Å². The van der Waals surface area contributed by atoms with Gasteiger partial charge in [-0.05, 0) is 18.9 Å². The van der Waals surface area contributed by atoms with E-state index in [1.807, 2.05) is 0 Å². The molecule has 1 fully saturated rings. The van der Waals surface area contributed by atoms with Crippen molar-refractivity contribution in [1.82, 2.24) is 15.1 Å². The van der Waals surface area contributed by atoms with Gasteiger partial charge in [-0.2, -0.15) is 5.10 Å². The molecule has 5 nitrogen and oxygen atoms in total. The average molecular weight is 251 g/mol. The largest absolute Gasteiger partial charge is 0.391 e. The zero-order valence-electron chi connectivity index (χ0n) is 10.6. The lowest BCUT2D eigenvalue weighted by Crippen LogP contribution is -2.45. The number of hydrogen-bond donors (Lipinski definition) is 2. The molecule has 100 valence electrons. The monoisotopic (exact) mass is 251 g/mol. The van der Waals surface area contributed by atoms with Crippen LogP contribution in [0.5, 0.6) is 0 Å². The predicted octanol–water partition coefficient (Wildman–Crippen LogP) is 1.08. The highest BCUT2D eigenvalue weighted by atomic mass is 16.3. The predicted molar refractivity (Wildman–Crippen MR) is 67.9 cm³/mol. The van der Waals surface area contributed by atoms with Crippen molar-refractivity contribution in [3.8, 4) is 0 Å². The summed E-state index contributed by atoms with van der Waals surface area (Å²) in [5.41, 5.74) is 0. The zero-order valence-corrected chi connectivity index (χ0v) is 10.6. The summed E-state index contributed by atoms with van der Waals surface area (Å²) >= 11 is 0. The molecule has 1 aliphatic carbocycles. The van der Waals surface area contributed by atoms with Crippen LogP contribution in [0.15, 0.2) is 18.5 Å². The van der Waals surface area contributed by atoms with Crippen LogP contribution in [0, 0.1) is 0 Å². The number of aliphatic hydroxyl groups is 1. The first-order valence-corrected chi connectivity index (χ1v) is 6.70. The van der Waals surface area contributed by atoms with Gasteiger partial charge in [-0.3, -0.25) is 9.48 Å². The van der Waals surface area contributed by atoms with Gasteiger partial charge in [0.25, 0.3) is 0 Å². The molecule has 0 radical (unpaired) electrons. The molecule has 0 saturated heterocycles. The van der Waals surface area contributed by atoms with E-state index in [1.54, 1.807) is 23.1 Å². The van der Waals surface area contributed by atoms with Gasteiger partial charge in [-0.1, -0.05) is 25.7 Å². The van der Waals surface area contributed by atoms with E-state index in [-0.39, 0.29) is 18.5 Å². The molecule has 1 aromatic heterocycles. The molecule has 0 aliphatic heterocycles. The van der Waals surface area contributed by atoms with E-state index < -0.39 is 6.10 Å². The molecule has 1 aliphatic rings. The third kappa shape index (κ3) is 3.84. The van der Waals surface area contributed by atoms with Gasteiger partial charge in [0.05, 0.1) is 12.1 Å². The normalized spacial score (nSPS) is 25.2. The molecule has 5 heteroatoms. The second-order valence-electron chi connectivity index (χ2n) is 4.94. The maximum atomic E-state index is 11.8. The first-order chi connectivity index (χ1) is 8.75.